The lowest BCUT2D eigenvalue weighted by Gasteiger charge is -2.42. The second kappa shape index (κ2) is 7.65. The topological polar surface area (TPSA) is 43.9 Å². The molecule has 0 aromatic carbocycles. The molecule has 0 atom stereocenters. The minimum Gasteiger partial charge on any atom is -0.342 e. The van der Waals surface area contributed by atoms with Crippen molar-refractivity contribution < 1.29 is 9.59 Å². The summed E-state index contributed by atoms with van der Waals surface area (Å²) in [6.45, 7) is 5.95. The molecule has 3 heterocycles. The predicted octanol–water partition coefficient (Wildman–Crippen LogP) is 2.11. The molecule has 0 aromatic rings. The maximum absolute atomic E-state index is 12.7. The van der Waals surface area contributed by atoms with E-state index in [9.17, 15) is 9.59 Å². The molecule has 3 saturated heterocycles. The molecule has 0 spiro atoms. The summed E-state index contributed by atoms with van der Waals surface area (Å²) < 4.78 is 0. The molecule has 0 radical (unpaired) electrons. The third kappa shape index (κ3) is 4.02. The van der Waals surface area contributed by atoms with Gasteiger partial charge in [0.1, 0.15) is 0 Å². The number of amides is 2. The first-order chi connectivity index (χ1) is 12.2. The molecule has 3 aliphatic heterocycles. The van der Waals surface area contributed by atoms with E-state index in [0.717, 1.165) is 77.8 Å². The first-order valence-electron chi connectivity index (χ1n) is 10.5. The van der Waals surface area contributed by atoms with Gasteiger partial charge in [-0.3, -0.25) is 9.59 Å². The van der Waals surface area contributed by atoms with Gasteiger partial charge in [0.2, 0.25) is 11.8 Å². The molecule has 5 nitrogen and oxygen atoms in total. The molecule has 2 amide bonds. The monoisotopic (exact) mass is 347 g/mol. The van der Waals surface area contributed by atoms with Gasteiger partial charge in [0.15, 0.2) is 0 Å². The molecule has 4 aliphatic rings. The SMILES string of the molecule is O=C(C1CCN(C2CCN(C(=O)C3CC3)CC2)CC1)N1CCCCC1. The lowest BCUT2D eigenvalue weighted by molar-refractivity contribution is -0.139. The van der Waals surface area contributed by atoms with E-state index in [1.807, 2.05) is 0 Å². The van der Waals surface area contributed by atoms with Crippen molar-refractivity contribution >= 4 is 11.8 Å². The Morgan fingerprint density at radius 1 is 0.560 bits per heavy atom. The summed E-state index contributed by atoms with van der Waals surface area (Å²) in [6, 6.07) is 0.620. The fraction of sp³-hybridized carbons (Fsp3) is 0.900. The Morgan fingerprint density at radius 2 is 1.08 bits per heavy atom. The molecule has 0 bridgehead atoms. The van der Waals surface area contributed by atoms with Gasteiger partial charge in [0.25, 0.3) is 0 Å². The highest BCUT2D eigenvalue weighted by molar-refractivity contribution is 5.81. The van der Waals surface area contributed by atoms with Crippen LogP contribution in [0.5, 0.6) is 0 Å². The molecular formula is C20H33N3O2. The van der Waals surface area contributed by atoms with E-state index >= 15 is 0 Å². The number of carbonyl (C=O) groups is 2. The number of hydrogen-bond acceptors (Lipinski definition) is 3. The summed E-state index contributed by atoms with van der Waals surface area (Å²) in [4.78, 5) is 31.7. The third-order valence-corrected chi connectivity index (χ3v) is 6.77. The zero-order chi connectivity index (χ0) is 17.2. The normalized spacial score (nSPS) is 27.5. The zero-order valence-electron chi connectivity index (χ0n) is 15.5. The van der Waals surface area contributed by atoms with Crippen molar-refractivity contribution in [2.45, 2.75) is 63.8 Å². The Kier molecular flexibility index (Phi) is 5.30. The molecule has 5 heteroatoms. The molecule has 1 aliphatic carbocycles. The Labute approximate surface area is 151 Å². The molecule has 0 aromatic heterocycles. The molecule has 4 rings (SSSR count). The summed E-state index contributed by atoms with van der Waals surface area (Å²) in [6.07, 6.45) is 10.1. The van der Waals surface area contributed by atoms with Crippen LogP contribution >= 0.6 is 0 Å². The predicted molar refractivity (Wildman–Crippen MR) is 97.1 cm³/mol. The summed E-state index contributed by atoms with van der Waals surface area (Å²) in [7, 11) is 0. The second-order valence-corrected chi connectivity index (χ2v) is 8.53. The van der Waals surface area contributed by atoms with Gasteiger partial charge in [-0.25, -0.2) is 0 Å². The maximum Gasteiger partial charge on any atom is 0.225 e. The molecule has 0 N–H and O–H groups in total. The van der Waals surface area contributed by atoms with Crippen LogP contribution in [-0.2, 0) is 9.59 Å². The van der Waals surface area contributed by atoms with Gasteiger partial charge in [-0.1, -0.05) is 0 Å². The van der Waals surface area contributed by atoms with Crippen LogP contribution in [0.2, 0.25) is 0 Å². The largest absolute Gasteiger partial charge is 0.342 e. The summed E-state index contributed by atoms with van der Waals surface area (Å²) in [5, 5.41) is 0. The minimum atomic E-state index is 0.255. The fourth-order valence-corrected chi connectivity index (χ4v) is 4.92. The number of rotatable bonds is 3. The van der Waals surface area contributed by atoms with Crippen molar-refractivity contribution in [2.24, 2.45) is 11.8 Å². The number of likely N-dealkylation sites (tertiary alicyclic amines) is 3. The van der Waals surface area contributed by atoms with Crippen molar-refractivity contribution in [3.8, 4) is 0 Å². The minimum absolute atomic E-state index is 0.255. The Hall–Kier alpha value is -1.10. The van der Waals surface area contributed by atoms with Crippen LogP contribution < -0.4 is 0 Å². The van der Waals surface area contributed by atoms with Gasteiger partial charge in [-0.05, 0) is 70.9 Å². The van der Waals surface area contributed by atoms with Crippen LogP contribution in [0.1, 0.15) is 57.8 Å². The third-order valence-electron chi connectivity index (χ3n) is 6.77. The van der Waals surface area contributed by atoms with E-state index in [4.69, 9.17) is 0 Å². The Morgan fingerprint density at radius 3 is 1.64 bits per heavy atom. The molecule has 140 valence electrons. The van der Waals surface area contributed by atoms with E-state index in [2.05, 4.69) is 14.7 Å². The van der Waals surface area contributed by atoms with Crippen LogP contribution in [0, 0.1) is 11.8 Å². The summed E-state index contributed by atoms with van der Waals surface area (Å²) in [5.74, 6) is 1.44. The first kappa shape index (κ1) is 17.3. The first-order valence-corrected chi connectivity index (χ1v) is 10.5. The van der Waals surface area contributed by atoms with Crippen molar-refractivity contribution in [3.63, 3.8) is 0 Å². The van der Waals surface area contributed by atoms with E-state index in [-0.39, 0.29) is 5.92 Å². The number of nitrogens with zero attached hydrogens (tertiary/aromatic N) is 3. The van der Waals surface area contributed by atoms with Gasteiger partial charge >= 0.3 is 0 Å². The van der Waals surface area contributed by atoms with Gasteiger partial charge < -0.3 is 14.7 Å². The Balaban J connectivity index is 1.21. The van der Waals surface area contributed by atoms with Crippen LogP contribution in [-0.4, -0.2) is 71.8 Å². The van der Waals surface area contributed by atoms with Crippen molar-refractivity contribution in [3.05, 3.63) is 0 Å². The number of carbonyl (C=O) groups excluding carboxylic acids is 2. The summed E-state index contributed by atoms with van der Waals surface area (Å²) in [5.41, 5.74) is 0. The van der Waals surface area contributed by atoms with Crippen LogP contribution in [0.25, 0.3) is 0 Å². The summed E-state index contributed by atoms with van der Waals surface area (Å²) >= 11 is 0. The average Bonchev–Trinajstić information content (AvgIpc) is 3.53. The molecule has 4 fully saturated rings. The van der Waals surface area contributed by atoms with E-state index in [1.54, 1.807) is 0 Å². The molecule has 0 unspecified atom stereocenters. The van der Waals surface area contributed by atoms with E-state index < -0.39 is 0 Å². The lowest BCUT2D eigenvalue weighted by Crippen LogP contribution is -2.51. The van der Waals surface area contributed by atoms with Crippen LogP contribution in [0.3, 0.4) is 0 Å². The smallest absolute Gasteiger partial charge is 0.225 e. The van der Waals surface area contributed by atoms with Gasteiger partial charge in [0.05, 0.1) is 0 Å². The lowest BCUT2D eigenvalue weighted by atomic mass is 9.91. The number of piperidine rings is 3. The van der Waals surface area contributed by atoms with Crippen LogP contribution in [0.15, 0.2) is 0 Å². The van der Waals surface area contributed by atoms with Crippen molar-refractivity contribution in [1.29, 1.82) is 0 Å². The highest BCUT2D eigenvalue weighted by Crippen LogP contribution is 2.33. The number of hydrogen-bond donors (Lipinski definition) is 0. The maximum atomic E-state index is 12.7. The van der Waals surface area contributed by atoms with Crippen molar-refractivity contribution in [2.75, 3.05) is 39.3 Å². The second-order valence-electron chi connectivity index (χ2n) is 8.53. The van der Waals surface area contributed by atoms with E-state index in [1.165, 1.54) is 19.3 Å². The standard InChI is InChI=1S/C20H33N3O2/c24-19(16-4-5-16)23-14-8-18(9-15-23)21-12-6-17(7-13-21)20(25)22-10-2-1-3-11-22/h16-18H,1-15H2. The quantitative estimate of drug-likeness (QED) is 0.785. The highest BCUT2D eigenvalue weighted by atomic mass is 16.2. The Bertz CT molecular complexity index is 483. The highest BCUT2D eigenvalue weighted by Gasteiger charge is 2.37. The van der Waals surface area contributed by atoms with Crippen LogP contribution in [0.4, 0.5) is 0 Å². The van der Waals surface area contributed by atoms with Gasteiger partial charge in [-0.2, -0.15) is 0 Å². The van der Waals surface area contributed by atoms with E-state index in [0.29, 0.717) is 23.8 Å². The average molecular weight is 348 g/mol. The van der Waals surface area contributed by atoms with Gasteiger partial charge in [0, 0.05) is 44.1 Å². The molecular weight excluding hydrogens is 314 g/mol. The zero-order valence-corrected chi connectivity index (χ0v) is 15.5. The molecule has 1 saturated carbocycles. The molecule has 25 heavy (non-hydrogen) atoms. The fourth-order valence-electron chi connectivity index (χ4n) is 4.92. The van der Waals surface area contributed by atoms with Crippen molar-refractivity contribution in [1.82, 2.24) is 14.7 Å². The van der Waals surface area contributed by atoms with Gasteiger partial charge in [-0.15, -0.1) is 0 Å².